The van der Waals surface area contributed by atoms with Gasteiger partial charge in [-0.3, -0.25) is 4.79 Å². The fraction of sp³-hybridized carbons (Fsp3) is 0.357. The van der Waals surface area contributed by atoms with Crippen molar-refractivity contribution in [1.82, 2.24) is 9.59 Å². The summed E-state index contributed by atoms with van der Waals surface area (Å²) in [6, 6.07) is 5.71. The maximum atomic E-state index is 11.3. The second kappa shape index (κ2) is 6.09. The fourth-order valence-corrected chi connectivity index (χ4v) is 2.83. The molecule has 0 fully saturated rings. The molecule has 0 radical (unpaired) electrons. The van der Waals surface area contributed by atoms with E-state index in [4.69, 9.17) is 4.74 Å². The van der Waals surface area contributed by atoms with Gasteiger partial charge >= 0.3 is 0 Å². The molecule has 110 valence electrons. The minimum Gasteiger partial charge on any atom is -0.487 e. The van der Waals surface area contributed by atoms with Gasteiger partial charge in [0.1, 0.15) is 23.1 Å². The molecule has 3 rings (SSSR count). The van der Waals surface area contributed by atoms with E-state index in [1.807, 2.05) is 25.1 Å². The molecule has 0 aliphatic carbocycles. The van der Waals surface area contributed by atoms with E-state index in [9.17, 15) is 4.79 Å². The number of aryl methyl sites for hydroxylation is 1. The Bertz CT molecular complexity index is 656. The number of anilines is 2. The Morgan fingerprint density at radius 1 is 1.43 bits per heavy atom. The van der Waals surface area contributed by atoms with Gasteiger partial charge in [0.2, 0.25) is 5.91 Å². The minimum atomic E-state index is 0.0694. The molecule has 0 unspecified atom stereocenters. The molecule has 1 amide bonds. The number of hydrogen-bond acceptors (Lipinski definition) is 6. The smallest absolute Gasteiger partial charge is 0.224 e. The van der Waals surface area contributed by atoms with E-state index in [0.717, 1.165) is 40.7 Å². The Morgan fingerprint density at radius 2 is 2.33 bits per heavy atom. The number of hydrogen-bond donors (Lipinski definition) is 2. The highest BCUT2D eigenvalue weighted by atomic mass is 32.1. The van der Waals surface area contributed by atoms with Crippen molar-refractivity contribution < 1.29 is 9.53 Å². The third kappa shape index (κ3) is 3.13. The van der Waals surface area contributed by atoms with E-state index in [1.54, 1.807) is 0 Å². The summed E-state index contributed by atoms with van der Waals surface area (Å²) < 4.78 is 9.72. The predicted molar refractivity (Wildman–Crippen MR) is 81.8 cm³/mol. The van der Waals surface area contributed by atoms with E-state index >= 15 is 0 Å². The molecule has 7 heteroatoms. The van der Waals surface area contributed by atoms with Crippen LogP contribution in [0.3, 0.4) is 0 Å². The van der Waals surface area contributed by atoms with Gasteiger partial charge in [0.15, 0.2) is 0 Å². The Hall–Kier alpha value is -2.15. The van der Waals surface area contributed by atoms with Crippen molar-refractivity contribution in [2.75, 3.05) is 17.2 Å². The second-order valence-corrected chi connectivity index (χ2v) is 5.49. The normalized spacial score (nSPS) is 13.5. The third-order valence-electron chi connectivity index (χ3n) is 3.24. The molecule has 2 N–H and O–H groups in total. The lowest BCUT2D eigenvalue weighted by molar-refractivity contribution is -0.116. The van der Waals surface area contributed by atoms with Gasteiger partial charge in [0.05, 0.1) is 0 Å². The number of rotatable bonds is 5. The number of nitrogens with zero attached hydrogens (tertiary/aromatic N) is 2. The summed E-state index contributed by atoms with van der Waals surface area (Å²) >= 11 is 1.33. The zero-order chi connectivity index (χ0) is 14.7. The summed E-state index contributed by atoms with van der Waals surface area (Å²) in [6.07, 6.45) is 1.27. The number of aromatic nitrogens is 2. The maximum Gasteiger partial charge on any atom is 0.224 e. The minimum absolute atomic E-state index is 0.0694. The highest BCUT2D eigenvalue weighted by molar-refractivity contribution is 7.10. The van der Waals surface area contributed by atoms with Gasteiger partial charge in [-0.1, -0.05) is 4.49 Å². The Morgan fingerprint density at radius 3 is 3.19 bits per heavy atom. The molecule has 2 aromatic rings. The molecule has 6 nitrogen and oxygen atoms in total. The quantitative estimate of drug-likeness (QED) is 0.887. The molecule has 1 aromatic carbocycles. The van der Waals surface area contributed by atoms with Gasteiger partial charge in [-0.2, -0.15) is 0 Å². The van der Waals surface area contributed by atoms with Crippen molar-refractivity contribution in [3.63, 3.8) is 0 Å². The first-order valence-corrected chi connectivity index (χ1v) is 7.64. The maximum absolute atomic E-state index is 11.3. The first-order chi connectivity index (χ1) is 10.3. The number of fused-ring (bicyclic) bond motifs is 1. The molecule has 1 aromatic heterocycles. The van der Waals surface area contributed by atoms with Crippen molar-refractivity contribution in [1.29, 1.82) is 0 Å². The van der Waals surface area contributed by atoms with Crippen LogP contribution in [0.1, 0.15) is 24.6 Å². The van der Waals surface area contributed by atoms with Crippen LogP contribution in [0.4, 0.5) is 10.7 Å². The van der Waals surface area contributed by atoms with Gasteiger partial charge < -0.3 is 15.4 Å². The van der Waals surface area contributed by atoms with Gasteiger partial charge in [-0.05, 0) is 37.1 Å². The van der Waals surface area contributed by atoms with E-state index in [1.165, 1.54) is 11.5 Å². The average Bonchev–Trinajstić information content (AvgIpc) is 2.93. The molecule has 2 heterocycles. The Kier molecular flexibility index (Phi) is 4.01. The van der Waals surface area contributed by atoms with Crippen molar-refractivity contribution in [2.45, 2.75) is 26.4 Å². The molecule has 0 saturated heterocycles. The SMILES string of the molecule is CCNc1snnc1COc1ccc2c(c1)CCC(=O)N2. The second-order valence-electron chi connectivity index (χ2n) is 4.73. The Balaban J connectivity index is 1.68. The van der Waals surface area contributed by atoms with Crippen LogP contribution in [0.15, 0.2) is 18.2 Å². The summed E-state index contributed by atoms with van der Waals surface area (Å²) in [5.74, 6) is 0.848. The largest absolute Gasteiger partial charge is 0.487 e. The number of nitrogens with one attached hydrogen (secondary N) is 2. The molecule has 0 atom stereocenters. The zero-order valence-corrected chi connectivity index (χ0v) is 12.5. The van der Waals surface area contributed by atoms with Crippen LogP contribution in [-0.2, 0) is 17.8 Å². The molecule has 0 bridgehead atoms. The standard InChI is InChI=1S/C14H16N4O2S/c1-2-15-14-12(17-18-21-14)8-20-10-4-5-11-9(7-10)3-6-13(19)16-11/h4-5,7,15H,2-3,6,8H2,1H3,(H,16,19). The summed E-state index contributed by atoms with van der Waals surface area (Å²) in [5.41, 5.74) is 2.80. The van der Waals surface area contributed by atoms with E-state index in [2.05, 4.69) is 20.2 Å². The summed E-state index contributed by atoms with van der Waals surface area (Å²) in [7, 11) is 0. The first-order valence-electron chi connectivity index (χ1n) is 6.87. The molecule has 21 heavy (non-hydrogen) atoms. The highest BCUT2D eigenvalue weighted by Gasteiger charge is 2.15. The lowest BCUT2D eigenvalue weighted by atomic mass is 10.0. The molecular weight excluding hydrogens is 288 g/mol. The van der Waals surface area contributed by atoms with Crippen LogP contribution < -0.4 is 15.4 Å². The average molecular weight is 304 g/mol. The number of carbonyl (C=O) groups is 1. The highest BCUT2D eigenvalue weighted by Crippen LogP contribution is 2.27. The summed E-state index contributed by atoms with van der Waals surface area (Å²) in [5, 5.41) is 11.1. The van der Waals surface area contributed by atoms with Gasteiger partial charge in [-0.15, -0.1) is 5.10 Å². The van der Waals surface area contributed by atoms with Gasteiger partial charge in [-0.25, -0.2) is 0 Å². The van der Waals surface area contributed by atoms with E-state index < -0.39 is 0 Å². The van der Waals surface area contributed by atoms with Crippen molar-refractivity contribution >= 4 is 28.1 Å². The number of benzene rings is 1. The van der Waals surface area contributed by atoms with Crippen molar-refractivity contribution in [3.8, 4) is 5.75 Å². The summed E-state index contributed by atoms with van der Waals surface area (Å²) in [6.45, 7) is 3.24. The van der Waals surface area contributed by atoms with Crippen LogP contribution in [-0.4, -0.2) is 22.0 Å². The first kappa shape index (κ1) is 13.8. The monoisotopic (exact) mass is 304 g/mol. The van der Waals surface area contributed by atoms with Crippen molar-refractivity contribution in [3.05, 3.63) is 29.5 Å². The topological polar surface area (TPSA) is 76.1 Å². The van der Waals surface area contributed by atoms with Crippen LogP contribution >= 0.6 is 11.5 Å². The predicted octanol–water partition coefficient (Wildman–Crippen LogP) is 2.43. The zero-order valence-electron chi connectivity index (χ0n) is 11.7. The van der Waals surface area contributed by atoms with Crippen molar-refractivity contribution in [2.24, 2.45) is 0 Å². The molecular formula is C14H16N4O2S. The van der Waals surface area contributed by atoms with Gasteiger partial charge in [0.25, 0.3) is 0 Å². The van der Waals surface area contributed by atoms with Gasteiger partial charge in [0, 0.05) is 30.2 Å². The number of amides is 1. The lowest BCUT2D eigenvalue weighted by Crippen LogP contribution is -2.18. The molecule has 1 aliphatic heterocycles. The number of ether oxygens (including phenoxy) is 1. The van der Waals surface area contributed by atoms with E-state index in [-0.39, 0.29) is 5.91 Å². The number of carbonyl (C=O) groups excluding carboxylic acids is 1. The van der Waals surface area contributed by atoms with Crippen LogP contribution in [0.25, 0.3) is 0 Å². The Labute approximate surface area is 126 Å². The van der Waals surface area contributed by atoms with Crippen LogP contribution in [0.2, 0.25) is 0 Å². The molecule has 0 spiro atoms. The lowest BCUT2D eigenvalue weighted by Gasteiger charge is -2.17. The molecule has 0 saturated carbocycles. The van der Waals surface area contributed by atoms with Crippen LogP contribution in [0.5, 0.6) is 5.75 Å². The van der Waals surface area contributed by atoms with Crippen LogP contribution in [0, 0.1) is 0 Å². The third-order valence-corrected chi connectivity index (χ3v) is 3.97. The van der Waals surface area contributed by atoms with E-state index in [0.29, 0.717) is 13.0 Å². The summed E-state index contributed by atoms with van der Waals surface area (Å²) in [4.78, 5) is 11.3. The fourth-order valence-electron chi connectivity index (χ4n) is 2.20. The molecule has 1 aliphatic rings.